The quantitative estimate of drug-likeness (QED) is 0.335. The van der Waals surface area contributed by atoms with Gasteiger partial charge in [0.2, 0.25) is 0 Å². The summed E-state index contributed by atoms with van der Waals surface area (Å²) in [4.78, 5) is 1.64. The summed E-state index contributed by atoms with van der Waals surface area (Å²) in [6, 6.07) is 17.6. The molecule has 0 fully saturated rings. The van der Waals surface area contributed by atoms with E-state index in [0.29, 0.717) is 0 Å². The molecule has 104 valence electrons. The SMILES string of the molecule is Cc1ccc2ccccc2c1C(Br)c1cc2sccc2s1. The summed E-state index contributed by atoms with van der Waals surface area (Å²) in [6.45, 7) is 2.20. The predicted molar refractivity (Wildman–Crippen MR) is 99.2 cm³/mol. The first-order valence-corrected chi connectivity index (χ1v) is 9.44. The van der Waals surface area contributed by atoms with Gasteiger partial charge in [0.1, 0.15) is 0 Å². The van der Waals surface area contributed by atoms with Gasteiger partial charge in [-0.05, 0) is 46.3 Å². The maximum atomic E-state index is 3.94. The molecule has 4 aromatic rings. The third-order valence-electron chi connectivity index (χ3n) is 3.85. The summed E-state index contributed by atoms with van der Waals surface area (Å²) in [6.07, 6.45) is 0. The molecule has 0 bridgehead atoms. The number of aryl methyl sites for hydroxylation is 1. The van der Waals surface area contributed by atoms with Crippen molar-refractivity contribution in [3.8, 4) is 0 Å². The molecule has 1 unspecified atom stereocenters. The van der Waals surface area contributed by atoms with Gasteiger partial charge in [0.05, 0.1) is 4.83 Å². The number of fused-ring (bicyclic) bond motifs is 2. The Kier molecular flexibility index (Phi) is 3.37. The molecule has 2 aromatic heterocycles. The number of hydrogen-bond donors (Lipinski definition) is 0. The van der Waals surface area contributed by atoms with Crippen molar-refractivity contribution in [2.75, 3.05) is 0 Å². The van der Waals surface area contributed by atoms with Crippen molar-refractivity contribution in [1.82, 2.24) is 0 Å². The van der Waals surface area contributed by atoms with E-state index < -0.39 is 0 Å². The summed E-state index contributed by atoms with van der Waals surface area (Å²) in [5.41, 5.74) is 2.73. The van der Waals surface area contributed by atoms with Crippen molar-refractivity contribution in [2.45, 2.75) is 11.8 Å². The van der Waals surface area contributed by atoms with Gasteiger partial charge in [-0.1, -0.05) is 52.3 Å². The third kappa shape index (κ3) is 2.24. The second-order valence-electron chi connectivity index (χ2n) is 5.18. The molecule has 4 rings (SSSR count). The second-order valence-corrected chi connectivity index (χ2v) is 8.16. The summed E-state index contributed by atoms with van der Waals surface area (Å²) in [5.74, 6) is 0. The van der Waals surface area contributed by atoms with Gasteiger partial charge in [-0.25, -0.2) is 0 Å². The fraction of sp³-hybridized carbons (Fsp3) is 0.111. The summed E-state index contributed by atoms with van der Waals surface area (Å²) < 4.78 is 2.77. The topological polar surface area (TPSA) is 0 Å². The molecule has 0 saturated heterocycles. The number of alkyl halides is 1. The van der Waals surface area contributed by atoms with Gasteiger partial charge in [0.25, 0.3) is 0 Å². The van der Waals surface area contributed by atoms with Gasteiger partial charge in [-0.2, -0.15) is 0 Å². The molecule has 0 nitrogen and oxygen atoms in total. The van der Waals surface area contributed by atoms with Crippen LogP contribution >= 0.6 is 38.6 Å². The van der Waals surface area contributed by atoms with Crippen LogP contribution in [-0.2, 0) is 0 Å². The van der Waals surface area contributed by atoms with Crippen molar-refractivity contribution in [3.05, 3.63) is 69.9 Å². The molecule has 1 atom stereocenters. The number of thiophene rings is 2. The largest absolute Gasteiger partial charge is 0.143 e. The zero-order valence-corrected chi connectivity index (χ0v) is 14.7. The fourth-order valence-electron chi connectivity index (χ4n) is 2.79. The molecule has 0 spiro atoms. The summed E-state index contributed by atoms with van der Waals surface area (Å²) in [5, 5.41) is 4.81. The average Bonchev–Trinajstić information content (AvgIpc) is 3.07. The summed E-state index contributed by atoms with van der Waals surface area (Å²) in [7, 11) is 0. The first-order valence-electron chi connectivity index (χ1n) is 6.83. The maximum Gasteiger partial charge on any atom is 0.0747 e. The standard InChI is InChI=1S/C18H13BrS2/c1-11-6-7-12-4-2-3-5-13(12)17(11)18(19)16-10-15-14(21-16)8-9-20-15/h2-10,18H,1H3. The normalized spacial score (nSPS) is 13.0. The van der Waals surface area contributed by atoms with Crippen molar-refractivity contribution >= 4 is 58.8 Å². The van der Waals surface area contributed by atoms with Gasteiger partial charge in [-0.15, -0.1) is 22.7 Å². The maximum absolute atomic E-state index is 3.94. The Morgan fingerprint density at radius 2 is 1.86 bits per heavy atom. The number of hydrogen-bond acceptors (Lipinski definition) is 2. The molecule has 2 aromatic carbocycles. The fourth-order valence-corrected chi connectivity index (χ4v) is 5.92. The summed E-state index contributed by atoms with van der Waals surface area (Å²) >= 11 is 7.65. The van der Waals surface area contributed by atoms with Crippen molar-refractivity contribution in [1.29, 1.82) is 0 Å². The van der Waals surface area contributed by atoms with Crippen LogP contribution in [0.4, 0.5) is 0 Å². The van der Waals surface area contributed by atoms with Crippen LogP contribution in [-0.4, -0.2) is 0 Å². The van der Waals surface area contributed by atoms with Gasteiger partial charge in [0.15, 0.2) is 0 Å². The number of benzene rings is 2. The number of rotatable bonds is 2. The Labute approximate surface area is 140 Å². The van der Waals surface area contributed by atoms with Crippen LogP contribution in [0.25, 0.3) is 20.2 Å². The highest BCUT2D eigenvalue weighted by Crippen LogP contribution is 2.43. The van der Waals surface area contributed by atoms with E-state index in [4.69, 9.17) is 0 Å². The van der Waals surface area contributed by atoms with Crippen LogP contribution in [0.5, 0.6) is 0 Å². The Morgan fingerprint density at radius 3 is 2.71 bits per heavy atom. The van der Waals surface area contributed by atoms with E-state index in [2.05, 4.69) is 76.8 Å². The molecule has 2 heterocycles. The second kappa shape index (κ2) is 5.24. The van der Waals surface area contributed by atoms with E-state index >= 15 is 0 Å². The Bertz CT molecular complexity index is 904. The zero-order valence-electron chi connectivity index (χ0n) is 11.5. The predicted octanol–water partition coefficient (Wildman–Crippen LogP) is 6.91. The minimum atomic E-state index is 0.258. The van der Waals surface area contributed by atoms with E-state index in [1.165, 1.54) is 36.2 Å². The molecule has 0 aliphatic heterocycles. The Morgan fingerprint density at radius 1 is 1.00 bits per heavy atom. The van der Waals surface area contributed by atoms with Crippen molar-refractivity contribution in [3.63, 3.8) is 0 Å². The lowest BCUT2D eigenvalue weighted by Gasteiger charge is -2.15. The van der Waals surface area contributed by atoms with Crippen molar-refractivity contribution in [2.24, 2.45) is 0 Å². The van der Waals surface area contributed by atoms with Gasteiger partial charge >= 0.3 is 0 Å². The van der Waals surface area contributed by atoms with E-state index in [-0.39, 0.29) is 4.83 Å². The number of halogens is 1. The van der Waals surface area contributed by atoms with Crippen LogP contribution in [0.15, 0.2) is 53.9 Å². The highest BCUT2D eigenvalue weighted by Gasteiger charge is 2.18. The van der Waals surface area contributed by atoms with Crippen LogP contribution in [0.3, 0.4) is 0 Å². The van der Waals surface area contributed by atoms with Crippen LogP contribution in [0.1, 0.15) is 20.8 Å². The monoisotopic (exact) mass is 372 g/mol. The van der Waals surface area contributed by atoms with Gasteiger partial charge in [0, 0.05) is 14.3 Å². The minimum absolute atomic E-state index is 0.258. The highest BCUT2D eigenvalue weighted by atomic mass is 79.9. The smallest absolute Gasteiger partial charge is 0.0747 e. The molecule has 21 heavy (non-hydrogen) atoms. The first kappa shape index (κ1) is 13.5. The highest BCUT2D eigenvalue weighted by molar-refractivity contribution is 9.09. The molecule has 0 saturated carbocycles. The molecular weight excluding hydrogens is 360 g/mol. The Hall–Kier alpha value is -1.16. The van der Waals surface area contributed by atoms with E-state index in [1.807, 2.05) is 22.7 Å². The van der Waals surface area contributed by atoms with Gasteiger partial charge < -0.3 is 0 Å². The van der Waals surface area contributed by atoms with E-state index in [1.54, 1.807) is 0 Å². The van der Waals surface area contributed by atoms with Crippen LogP contribution in [0.2, 0.25) is 0 Å². The molecule has 0 aliphatic rings. The molecule has 0 amide bonds. The lowest BCUT2D eigenvalue weighted by atomic mass is 9.97. The lowest BCUT2D eigenvalue weighted by molar-refractivity contribution is 1.21. The first-order chi connectivity index (χ1) is 10.2. The molecule has 0 N–H and O–H groups in total. The van der Waals surface area contributed by atoms with E-state index in [0.717, 1.165) is 0 Å². The van der Waals surface area contributed by atoms with E-state index in [9.17, 15) is 0 Å². The van der Waals surface area contributed by atoms with Crippen LogP contribution < -0.4 is 0 Å². The molecular formula is C18H13BrS2. The minimum Gasteiger partial charge on any atom is -0.143 e. The molecule has 3 heteroatoms. The van der Waals surface area contributed by atoms with Crippen molar-refractivity contribution < 1.29 is 0 Å². The Balaban J connectivity index is 1.92. The van der Waals surface area contributed by atoms with Gasteiger partial charge in [-0.3, -0.25) is 0 Å². The molecule has 0 radical (unpaired) electrons. The molecule has 0 aliphatic carbocycles. The zero-order chi connectivity index (χ0) is 14.4. The average molecular weight is 373 g/mol. The third-order valence-corrected chi connectivity index (χ3v) is 7.26. The van der Waals surface area contributed by atoms with Crippen LogP contribution in [0, 0.1) is 6.92 Å². The lowest BCUT2D eigenvalue weighted by Crippen LogP contribution is -1.95.